The molecular weight excluding hydrogens is 300 g/mol. The second kappa shape index (κ2) is 8.24. The summed E-state index contributed by atoms with van der Waals surface area (Å²) < 4.78 is 0. The third-order valence-electron chi connectivity index (χ3n) is 3.90. The number of aromatic nitrogens is 1. The molecule has 0 aliphatic heterocycles. The molecule has 0 atom stereocenters. The van der Waals surface area contributed by atoms with Gasteiger partial charge < -0.3 is 16.4 Å². The molecule has 4 N–H and O–H groups in total. The summed E-state index contributed by atoms with van der Waals surface area (Å²) in [5.41, 5.74) is 5.37. The van der Waals surface area contributed by atoms with Crippen molar-refractivity contribution in [1.82, 2.24) is 15.6 Å². The number of carbonyl (C=O) groups is 2. The minimum Gasteiger partial charge on any atom is -0.353 e. The van der Waals surface area contributed by atoms with Crippen molar-refractivity contribution in [3.63, 3.8) is 0 Å². The summed E-state index contributed by atoms with van der Waals surface area (Å²) in [4.78, 5) is 28.9. The van der Waals surface area contributed by atoms with Crippen LogP contribution < -0.4 is 16.4 Å². The fourth-order valence-corrected chi connectivity index (χ4v) is 3.39. The van der Waals surface area contributed by atoms with E-state index in [1.165, 1.54) is 11.3 Å². The quantitative estimate of drug-likeness (QED) is 0.733. The highest BCUT2D eigenvalue weighted by atomic mass is 32.1. The molecule has 0 saturated heterocycles. The average Bonchev–Trinajstić information content (AvgIpc) is 2.98. The first-order valence-electron chi connectivity index (χ1n) is 7.87. The van der Waals surface area contributed by atoms with Gasteiger partial charge in [-0.1, -0.05) is 6.92 Å². The van der Waals surface area contributed by atoms with Crippen LogP contribution in [0.4, 0.5) is 0 Å². The Bertz CT molecular complexity index is 509. The standard InChI is InChI=1S/C15H24N4O2S/c1-2-12-9-17-15(22-12)14(21)19-11-5-3-10(4-6-11)18-13(20)7-8-16/h9-11H,2-8,16H2,1H3,(H,18,20)(H,19,21). The van der Waals surface area contributed by atoms with Crippen LogP contribution in [0.3, 0.4) is 0 Å². The molecule has 22 heavy (non-hydrogen) atoms. The summed E-state index contributed by atoms with van der Waals surface area (Å²) >= 11 is 1.45. The van der Waals surface area contributed by atoms with Gasteiger partial charge in [0.1, 0.15) is 0 Å². The fourth-order valence-electron chi connectivity index (χ4n) is 2.64. The maximum Gasteiger partial charge on any atom is 0.280 e. The van der Waals surface area contributed by atoms with Gasteiger partial charge in [-0.3, -0.25) is 9.59 Å². The Kier molecular flexibility index (Phi) is 6.33. The van der Waals surface area contributed by atoms with Gasteiger partial charge >= 0.3 is 0 Å². The highest BCUT2D eigenvalue weighted by Crippen LogP contribution is 2.20. The van der Waals surface area contributed by atoms with E-state index in [4.69, 9.17) is 5.73 Å². The number of rotatable bonds is 6. The summed E-state index contributed by atoms with van der Waals surface area (Å²) in [5, 5.41) is 6.58. The largest absolute Gasteiger partial charge is 0.353 e. The molecule has 2 amide bonds. The van der Waals surface area contributed by atoms with Gasteiger partial charge in [0, 0.05) is 36.1 Å². The van der Waals surface area contributed by atoms with Gasteiger partial charge in [-0.05, 0) is 32.1 Å². The van der Waals surface area contributed by atoms with Crippen molar-refractivity contribution in [3.05, 3.63) is 16.1 Å². The van der Waals surface area contributed by atoms with Gasteiger partial charge in [0.15, 0.2) is 5.01 Å². The van der Waals surface area contributed by atoms with E-state index in [9.17, 15) is 9.59 Å². The number of hydrogen-bond acceptors (Lipinski definition) is 5. The molecule has 1 aromatic heterocycles. The van der Waals surface area contributed by atoms with Crippen molar-refractivity contribution in [1.29, 1.82) is 0 Å². The maximum atomic E-state index is 12.1. The van der Waals surface area contributed by atoms with E-state index in [-0.39, 0.29) is 23.9 Å². The van der Waals surface area contributed by atoms with E-state index in [2.05, 4.69) is 22.5 Å². The lowest BCUT2D eigenvalue weighted by Crippen LogP contribution is -2.44. The Hall–Kier alpha value is -1.47. The molecule has 1 heterocycles. The van der Waals surface area contributed by atoms with E-state index in [0.717, 1.165) is 37.0 Å². The Balaban J connectivity index is 1.75. The van der Waals surface area contributed by atoms with Crippen molar-refractivity contribution in [2.24, 2.45) is 5.73 Å². The zero-order chi connectivity index (χ0) is 15.9. The highest BCUT2D eigenvalue weighted by molar-refractivity contribution is 7.13. The molecule has 0 bridgehead atoms. The van der Waals surface area contributed by atoms with Gasteiger partial charge in [0.05, 0.1) is 0 Å². The summed E-state index contributed by atoms with van der Waals surface area (Å²) in [7, 11) is 0. The number of amides is 2. The van der Waals surface area contributed by atoms with Crippen LogP contribution in [0.2, 0.25) is 0 Å². The van der Waals surface area contributed by atoms with Crippen LogP contribution in [0.5, 0.6) is 0 Å². The number of thiazole rings is 1. The number of nitrogens with one attached hydrogen (secondary N) is 2. The topological polar surface area (TPSA) is 97.1 Å². The number of aryl methyl sites for hydroxylation is 1. The van der Waals surface area contributed by atoms with Gasteiger partial charge in [0.25, 0.3) is 5.91 Å². The van der Waals surface area contributed by atoms with Crippen molar-refractivity contribution in [2.45, 2.75) is 57.5 Å². The first-order valence-corrected chi connectivity index (χ1v) is 8.69. The Morgan fingerprint density at radius 2 is 1.91 bits per heavy atom. The summed E-state index contributed by atoms with van der Waals surface area (Å²) in [6, 6.07) is 0.378. The van der Waals surface area contributed by atoms with Crippen LogP contribution in [0.25, 0.3) is 0 Å². The van der Waals surface area contributed by atoms with Crippen LogP contribution in [0, 0.1) is 0 Å². The number of nitrogens with two attached hydrogens (primary N) is 1. The first-order chi connectivity index (χ1) is 10.6. The first kappa shape index (κ1) is 16.9. The molecule has 0 spiro atoms. The molecule has 122 valence electrons. The molecule has 0 aromatic carbocycles. The van der Waals surface area contributed by atoms with E-state index >= 15 is 0 Å². The molecule has 1 saturated carbocycles. The van der Waals surface area contributed by atoms with Crippen LogP contribution in [0.1, 0.15) is 53.7 Å². The fraction of sp³-hybridized carbons (Fsp3) is 0.667. The average molecular weight is 324 g/mol. The lowest BCUT2D eigenvalue weighted by atomic mass is 9.91. The van der Waals surface area contributed by atoms with Gasteiger partial charge in [0.2, 0.25) is 5.91 Å². The minimum atomic E-state index is -0.0830. The lowest BCUT2D eigenvalue weighted by molar-refractivity contribution is -0.121. The Morgan fingerprint density at radius 1 is 1.27 bits per heavy atom. The number of nitrogens with zero attached hydrogens (tertiary/aromatic N) is 1. The Morgan fingerprint density at radius 3 is 2.45 bits per heavy atom. The number of carbonyl (C=O) groups excluding carboxylic acids is 2. The van der Waals surface area contributed by atoms with E-state index in [1.54, 1.807) is 6.20 Å². The maximum absolute atomic E-state index is 12.1. The molecule has 7 heteroatoms. The van der Waals surface area contributed by atoms with Crippen LogP contribution in [-0.4, -0.2) is 35.4 Å². The zero-order valence-electron chi connectivity index (χ0n) is 12.9. The van der Waals surface area contributed by atoms with Crippen molar-refractivity contribution in [3.8, 4) is 0 Å². The van der Waals surface area contributed by atoms with E-state index in [0.29, 0.717) is 18.0 Å². The monoisotopic (exact) mass is 324 g/mol. The molecule has 1 aliphatic rings. The predicted octanol–water partition coefficient (Wildman–Crippen LogP) is 1.21. The van der Waals surface area contributed by atoms with E-state index < -0.39 is 0 Å². The van der Waals surface area contributed by atoms with Gasteiger partial charge in [-0.25, -0.2) is 4.98 Å². The second-order valence-electron chi connectivity index (χ2n) is 5.61. The second-order valence-corrected chi connectivity index (χ2v) is 6.73. The third-order valence-corrected chi connectivity index (χ3v) is 5.04. The molecule has 0 radical (unpaired) electrons. The third kappa shape index (κ3) is 4.78. The molecule has 1 aliphatic carbocycles. The van der Waals surface area contributed by atoms with Crippen LogP contribution in [0.15, 0.2) is 6.20 Å². The van der Waals surface area contributed by atoms with Crippen LogP contribution in [-0.2, 0) is 11.2 Å². The number of hydrogen-bond donors (Lipinski definition) is 3. The van der Waals surface area contributed by atoms with Crippen molar-refractivity contribution >= 4 is 23.2 Å². The summed E-state index contributed by atoms with van der Waals surface area (Å²) in [6.07, 6.45) is 6.58. The summed E-state index contributed by atoms with van der Waals surface area (Å²) in [6.45, 7) is 2.43. The van der Waals surface area contributed by atoms with Gasteiger partial charge in [-0.2, -0.15) is 0 Å². The van der Waals surface area contributed by atoms with E-state index in [1.807, 2.05) is 0 Å². The normalized spacial score (nSPS) is 21.4. The molecule has 0 unspecified atom stereocenters. The minimum absolute atomic E-state index is 0.0184. The Labute approximate surface area is 134 Å². The smallest absolute Gasteiger partial charge is 0.280 e. The van der Waals surface area contributed by atoms with Crippen molar-refractivity contribution < 1.29 is 9.59 Å². The summed E-state index contributed by atoms with van der Waals surface area (Å²) in [5.74, 6) is -0.0646. The predicted molar refractivity (Wildman–Crippen MR) is 86.8 cm³/mol. The molecule has 6 nitrogen and oxygen atoms in total. The molecular formula is C15H24N4O2S. The highest BCUT2D eigenvalue weighted by Gasteiger charge is 2.24. The van der Waals surface area contributed by atoms with Crippen LogP contribution >= 0.6 is 11.3 Å². The molecule has 1 aromatic rings. The molecule has 2 rings (SSSR count). The van der Waals surface area contributed by atoms with Crippen molar-refractivity contribution in [2.75, 3.05) is 6.54 Å². The molecule has 1 fully saturated rings. The zero-order valence-corrected chi connectivity index (χ0v) is 13.7. The van der Waals surface area contributed by atoms with Gasteiger partial charge in [-0.15, -0.1) is 11.3 Å². The lowest BCUT2D eigenvalue weighted by Gasteiger charge is -2.29. The SMILES string of the molecule is CCc1cnc(C(=O)NC2CCC(NC(=O)CCN)CC2)s1.